The molecule has 0 radical (unpaired) electrons. The summed E-state index contributed by atoms with van der Waals surface area (Å²) < 4.78 is 10.5. The first-order chi connectivity index (χ1) is 16.8. The number of ether oxygens (including phenoxy) is 2. The fourth-order valence-corrected chi connectivity index (χ4v) is 4.09. The second-order valence-electron chi connectivity index (χ2n) is 7.39. The van der Waals surface area contributed by atoms with Crippen molar-refractivity contribution in [2.75, 3.05) is 11.9 Å². The van der Waals surface area contributed by atoms with E-state index in [1.165, 1.54) is 30.4 Å². The Kier molecular flexibility index (Phi) is 8.58. The fourth-order valence-electron chi connectivity index (χ4n) is 3.13. The summed E-state index contributed by atoms with van der Waals surface area (Å²) in [5.74, 6) is -1.84. The van der Waals surface area contributed by atoms with Gasteiger partial charge in [0.2, 0.25) is 0 Å². The number of nitrogens with two attached hydrogens (primary N) is 1. The average Bonchev–Trinajstić information content (AvgIpc) is 3.27. The van der Waals surface area contributed by atoms with Gasteiger partial charge in [-0.15, -0.1) is 11.3 Å². The number of carbonyl (C=O) groups is 4. The molecule has 0 fully saturated rings. The summed E-state index contributed by atoms with van der Waals surface area (Å²) in [5, 5.41) is 7.21. The minimum absolute atomic E-state index is 0.182. The largest absolute Gasteiger partial charge is 0.462 e. The van der Waals surface area contributed by atoms with Gasteiger partial charge in [0.1, 0.15) is 10.6 Å². The van der Waals surface area contributed by atoms with Crippen LogP contribution in [0.3, 0.4) is 0 Å². The third-order valence-electron chi connectivity index (χ3n) is 4.90. The van der Waals surface area contributed by atoms with Crippen LogP contribution in [0.1, 0.15) is 40.1 Å². The van der Waals surface area contributed by atoms with Crippen molar-refractivity contribution in [2.24, 2.45) is 5.73 Å². The van der Waals surface area contributed by atoms with Crippen LogP contribution >= 0.6 is 11.3 Å². The van der Waals surface area contributed by atoms with Crippen molar-refractivity contribution in [3.8, 4) is 11.1 Å². The van der Waals surface area contributed by atoms with E-state index in [0.29, 0.717) is 10.6 Å². The number of benzene rings is 2. The highest BCUT2D eigenvalue weighted by atomic mass is 32.1. The van der Waals surface area contributed by atoms with Crippen molar-refractivity contribution in [3.63, 3.8) is 0 Å². The number of hydrogen-bond acceptors (Lipinski definition) is 7. The number of esters is 2. The summed E-state index contributed by atoms with van der Waals surface area (Å²) >= 11 is 1.18. The Hall–Kier alpha value is -4.18. The zero-order valence-electron chi connectivity index (χ0n) is 19.2. The van der Waals surface area contributed by atoms with Gasteiger partial charge in [-0.05, 0) is 37.1 Å². The number of amides is 3. The third kappa shape index (κ3) is 6.67. The lowest BCUT2D eigenvalue weighted by molar-refractivity contribution is -0.123. The molecule has 35 heavy (non-hydrogen) atoms. The van der Waals surface area contributed by atoms with Gasteiger partial charge in [0.15, 0.2) is 6.10 Å². The number of carbonyl (C=O) groups excluding carboxylic acids is 4. The van der Waals surface area contributed by atoms with E-state index < -0.39 is 30.0 Å². The third-order valence-corrected chi connectivity index (χ3v) is 5.80. The molecular formula is C25H25N3O6S. The molecule has 0 saturated heterocycles. The van der Waals surface area contributed by atoms with Gasteiger partial charge in [0.05, 0.1) is 12.2 Å². The molecule has 10 heteroatoms. The fraction of sp³-hybridized carbons (Fsp3) is 0.200. The van der Waals surface area contributed by atoms with Gasteiger partial charge in [-0.1, -0.05) is 42.5 Å². The van der Waals surface area contributed by atoms with E-state index >= 15 is 0 Å². The number of primary amides is 1. The van der Waals surface area contributed by atoms with E-state index in [-0.39, 0.29) is 24.3 Å². The number of nitrogens with one attached hydrogen (secondary N) is 2. The van der Waals surface area contributed by atoms with Crippen molar-refractivity contribution in [1.82, 2.24) is 5.32 Å². The minimum atomic E-state index is -1.13. The second kappa shape index (κ2) is 11.8. The molecule has 0 aliphatic carbocycles. The maximum absolute atomic E-state index is 12.8. The van der Waals surface area contributed by atoms with Crippen LogP contribution in [0.5, 0.6) is 0 Å². The van der Waals surface area contributed by atoms with Crippen molar-refractivity contribution in [1.29, 1.82) is 0 Å². The molecule has 9 nitrogen and oxygen atoms in total. The Balaban J connectivity index is 1.70. The smallest absolute Gasteiger partial charge is 0.341 e. The van der Waals surface area contributed by atoms with Crippen LogP contribution in [0.4, 0.5) is 9.80 Å². The van der Waals surface area contributed by atoms with E-state index in [0.717, 1.165) is 11.1 Å². The SMILES string of the molecule is CCOC(=O)c1c(-c2ccccc2)csc1NC(=O)C(C)OC(=O)c1ccc(CNC(N)=O)cc1. The van der Waals surface area contributed by atoms with Crippen molar-refractivity contribution in [2.45, 2.75) is 26.5 Å². The predicted octanol–water partition coefficient (Wildman–Crippen LogP) is 3.94. The molecule has 1 heterocycles. The Morgan fingerprint density at radius 3 is 2.31 bits per heavy atom. The van der Waals surface area contributed by atoms with E-state index in [1.807, 2.05) is 30.3 Å². The van der Waals surface area contributed by atoms with Crippen LogP contribution in [0.15, 0.2) is 60.0 Å². The molecule has 0 aliphatic rings. The topological polar surface area (TPSA) is 137 Å². The predicted molar refractivity (Wildman–Crippen MR) is 132 cm³/mol. The monoisotopic (exact) mass is 495 g/mol. The first-order valence-electron chi connectivity index (χ1n) is 10.8. The molecule has 4 N–H and O–H groups in total. The van der Waals surface area contributed by atoms with Gasteiger partial charge >= 0.3 is 18.0 Å². The zero-order valence-corrected chi connectivity index (χ0v) is 20.0. The number of hydrogen-bond donors (Lipinski definition) is 3. The Morgan fingerprint density at radius 2 is 1.69 bits per heavy atom. The highest BCUT2D eigenvalue weighted by molar-refractivity contribution is 7.15. The van der Waals surface area contributed by atoms with Gasteiger partial charge in [-0.3, -0.25) is 4.79 Å². The molecule has 0 aliphatic heterocycles. The minimum Gasteiger partial charge on any atom is -0.462 e. The van der Waals surface area contributed by atoms with Crippen LogP contribution in [0.2, 0.25) is 0 Å². The Labute approximate surface area is 206 Å². The van der Waals surface area contributed by atoms with Gasteiger partial charge in [0, 0.05) is 17.5 Å². The first-order valence-corrected chi connectivity index (χ1v) is 11.7. The summed E-state index contributed by atoms with van der Waals surface area (Å²) in [7, 11) is 0. The highest BCUT2D eigenvalue weighted by Crippen LogP contribution is 2.36. The molecule has 0 saturated carbocycles. The van der Waals surface area contributed by atoms with Gasteiger partial charge in [0.25, 0.3) is 5.91 Å². The molecule has 3 aromatic rings. The number of anilines is 1. The van der Waals surface area contributed by atoms with Crippen LogP contribution in [0.25, 0.3) is 11.1 Å². The van der Waals surface area contributed by atoms with Crippen molar-refractivity contribution < 1.29 is 28.7 Å². The molecule has 0 spiro atoms. The Bertz CT molecular complexity index is 1210. The molecule has 2 aromatic carbocycles. The van der Waals surface area contributed by atoms with E-state index in [2.05, 4.69) is 10.6 Å². The molecule has 1 unspecified atom stereocenters. The summed E-state index contributed by atoms with van der Waals surface area (Å²) in [5.41, 5.74) is 7.71. The molecule has 3 amide bonds. The molecular weight excluding hydrogens is 470 g/mol. The number of urea groups is 1. The lowest BCUT2D eigenvalue weighted by Crippen LogP contribution is -2.30. The summed E-state index contributed by atoms with van der Waals surface area (Å²) in [6, 6.07) is 15.0. The van der Waals surface area contributed by atoms with Crippen molar-refractivity contribution in [3.05, 3.63) is 76.7 Å². The summed E-state index contributed by atoms with van der Waals surface area (Å²) in [4.78, 5) is 48.7. The van der Waals surface area contributed by atoms with E-state index in [9.17, 15) is 19.2 Å². The summed E-state index contributed by atoms with van der Waals surface area (Å²) in [6.07, 6.45) is -1.13. The van der Waals surface area contributed by atoms with E-state index in [4.69, 9.17) is 15.2 Å². The average molecular weight is 496 g/mol. The zero-order chi connectivity index (χ0) is 25.4. The van der Waals surface area contributed by atoms with Crippen LogP contribution in [-0.2, 0) is 20.8 Å². The lowest BCUT2D eigenvalue weighted by Gasteiger charge is -2.14. The second-order valence-corrected chi connectivity index (χ2v) is 8.27. The highest BCUT2D eigenvalue weighted by Gasteiger charge is 2.25. The normalized spacial score (nSPS) is 11.3. The molecule has 0 bridgehead atoms. The standard InChI is InChI=1S/C25H25N3O6S/c1-3-33-24(31)20-19(17-7-5-4-6-8-17)14-35-22(20)28-21(29)15(2)34-23(30)18-11-9-16(10-12-18)13-27-25(26)32/h4-12,14-15H,3,13H2,1-2H3,(H,28,29)(H3,26,27,32). The van der Waals surface area contributed by atoms with Gasteiger partial charge in [-0.25, -0.2) is 14.4 Å². The quantitative estimate of drug-likeness (QED) is 0.385. The van der Waals surface area contributed by atoms with Gasteiger partial charge < -0.3 is 25.8 Å². The summed E-state index contributed by atoms with van der Waals surface area (Å²) in [6.45, 7) is 3.54. The lowest BCUT2D eigenvalue weighted by atomic mass is 10.0. The van der Waals surface area contributed by atoms with Crippen LogP contribution < -0.4 is 16.4 Å². The van der Waals surface area contributed by atoms with Gasteiger partial charge in [-0.2, -0.15) is 0 Å². The Morgan fingerprint density at radius 1 is 1.00 bits per heavy atom. The van der Waals surface area contributed by atoms with E-state index in [1.54, 1.807) is 24.4 Å². The number of thiophene rings is 1. The first kappa shape index (κ1) is 25.4. The molecule has 3 rings (SSSR count). The van der Waals surface area contributed by atoms with Crippen LogP contribution in [0, 0.1) is 0 Å². The maximum Gasteiger partial charge on any atom is 0.341 e. The molecule has 1 atom stereocenters. The van der Waals surface area contributed by atoms with Crippen molar-refractivity contribution >= 4 is 40.2 Å². The molecule has 182 valence electrons. The number of rotatable bonds is 9. The maximum atomic E-state index is 12.8. The molecule has 1 aromatic heterocycles. The van der Waals surface area contributed by atoms with Crippen LogP contribution in [-0.4, -0.2) is 36.6 Å².